The highest BCUT2D eigenvalue weighted by Gasteiger charge is 2.44. The van der Waals surface area contributed by atoms with Crippen LogP contribution < -0.4 is 0 Å². The van der Waals surface area contributed by atoms with Crippen molar-refractivity contribution in [3.05, 3.63) is 59.8 Å². The van der Waals surface area contributed by atoms with Gasteiger partial charge < -0.3 is 19.4 Å². The van der Waals surface area contributed by atoms with Crippen LogP contribution in [0.5, 0.6) is 0 Å². The summed E-state index contributed by atoms with van der Waals surface area (Å²) < 4.78 is 88.3. The normalized spacial score (nSPS) is 19.0. The lowest BCUT2D eigenvalue weighted by Gasteiger charge is -2.39. The molecule has 1 spiro atoms. The van der Waals surface area contributed by atoms with Gasteiger partial charge in [-0.1, -0.05) is 12.1 Å². The van der Waals surface area contributed by atoms with E-state index in [4.69, 9.17) is 29.0 Å². The van der Waals surface area contributed by atoms with Crippen molar-refractivity contribution in [2.75, 3.05) is 26.7 Å². The summed E-state index contributed by atoms with van der Waals surface area (Å²) in [5.74, 6) is -4.68. The topological polar surface area (TPSA) is 103 Å². The molecular formula is C25H29F7N2O6. The van der Waals surface area contributed by atoms with Gasteiger partial charge in [-0.05, 0) is 56.1 Å². The number of carboxylic acids is 2. The Kier molecular flexibility index (Phi) is 11.5. The van der Waals surface area contributed by atoms with Crippen LogP contribution in [0.1, 0.15) is 30.6 Å². The molecule has 0 aliphatic carbocycles. The van der Waals surface area contributed by atoms with Gasteiger partial charge in [0.05, 0.1) is 25.0 Å². The SMILES string of the molecule is CN(Cc1ccco1)C1COC2(CCN(Cc3ccc(F)cc3)CC2)C1.O=C(O)C(F)(F)F.O=C(O)C(F)(F)F. The maximum Gasteiger partial charge on any atom is 0.490 e. The zero-order valence-electron chi connectivity index (χ0n) is 21.3. The summed E-state index contributed by atoms with van der Waals surface area (Å²) in [6.45, 7) is 4.58. The van der Waals surface area contributed by atoms with Gasteiger partial charge in [-0.15, -0.1) is 0 Å². The molecule has 0 saturated carbocycles. The fourth-order valence-electron chi connectivity index (χ4n) is 4.20. The van der Waals surface area contributed by atoms with Crippen LogP contribution in [-0.2, 0) is 27.4 Å². The van der Waals surface area contributed by atoms with Gasteiger partial charge >= 0.3 is 24.3 Å². The molecule has 2 aromatic rings. The number of aliphatic carboxylic acids is 2. The summed E-state index contributed by atoms with van der Waals surface area (Å²) >= 11 is 0. The Bertz CT molecular complexity index is 1040. The predicted octanol–water partition coefficient (Wildman–Crippen LogP) is 4.94. The largest absolute Gasteiger partial charge is 0.490 e. The van der Waals surface area contributed by atoms with E-state index in [1.807, 2.05) is 24.3 Å². The van der Waals surface area contributed by atoms with Crippen LogP contribution in [0, 0.1) is 5.82 Å². The molecule has 0 amide bonds. The molecule has 4 rings (SSSR count). The number of rotatable bonds is 5. The van der Waals surface area contributed by atoms with Gasteiger partial charge in [0.25, 0.3) is 0 Å². The molecule has 15 heteroatoms. The Balaban J connectivity index is 0.000000333. The van der Waals surface area contributed by atoms with Crippen LogP contribution in [0.3, 0.4) is 0 Å². The molecule has 0 bridgehead atoms. The number of carbonyl (C=O) groups is 2. The lowest BCUT2D eigenvalue weighted by atomic mass is 9.87. The van der Waals surface area contributed by atoms with Crippen LogP contribution in [0.2, 0.25) is 0 Å². The number of piperidine rings is 1. The summed E-state index contributed by atoms with van der Waals surface area (Å²) in [4.78, 5) is 22.6. The summed E-state index contributed by atoms with van der Waals surface area (Å²) in [5, 5.41) is 14.2. The van der Waals surface area contributed by atoms with Gasteiger partial charge in [0.2, 0.25) is 0 Å². The third kappa shape index (κ3) is 10.8. The van der Waals surface area contributed by atoms with Crippen molar-refractivity contribution in [1.29, 1.82) is 0 Å². The number of carboxylic acid groups (broad SMARTS) is 2. The number of furan rings is 1. The highest BCUT2D eigenvalue weighted by molar-refractivity contribution is 5.73. The molecule has 0 radical (unpaired) electrons. The highest BCUT2D eigenvalue weighted by Crippen LogP contribution is 2.38. The number of hydrogen-bond acceptors (Lipinski definition) is 6. The zero-order chi connectivity index (χ0) is 30.1. The number of benzene rings is 1. The average molecular weight is 587 g/mol. The number of ether oxygens (including phenoxy) is 1. The molecule has 1 aromatic heterocycles. The summed E-state index contributed by atoms with van der Waals surface area (Å²) in [6, 6.07) is 11.3. The van der Waals surface area contributed by atoms with E-state index >= 15 is 0 Å². The molecule has 2 N–H and O–H groups in total. The number of likely N-dealkylation sites (tertiary alicyclic amines) is 1. The maximum absolute atomic E-state index is 13.0. The molecule has 3 heterocycles. The van der Waals surface area contributed by atoms with Gasteiger partial charge in [-0.2, -0.15) is 26.3 Å². The monoisotopic (exact) mass is 586 g/mol. The molecule has 40 heavy (non-hydrogen) atoms. The van der Waals surface area contributed by atoms with Gasteiger partial charge in [-0.25, -0.2) is 14.0 Å². The lowest BCUT2D eigenvalue weighted by molar-refractivity contribution is -0.193. The third-order valence-electron chi connectivity index (χ3n) is 6.37. The van der Waals surface area contributed by atoms with Crippen molar-refractivity contribution in [2.24, 2.45) is 0 Å². The minimum atomic E-state index is -5.08. The molecular weight excluding hydrogens is 557 g/mol. The van der Waals surface area contributed by atoms with Crippen LogP contribution in [0.4, 0.5) is 30.7 Å². The first-order valence-corrected chi connectivity index (χ1v) is 11.9. The molecule has 2 saturated heterocycles. The Morgan fingerprint density at radius 1 is 1.00 bits per heavy atom. The van der Waals surface area contributed by atoms with E-state index < -0.39 is 24.3 Å². The Morgan fingerprint density at radius 2 is 1.52 bits per heavy atom. The van der Waals surface area contributed by atoms with E-state index in [9.17, 15) is 30.7 Å². The zero-order valence-corrected chi connectivity index (χ0v) is 21.3. The second-order valence-corrected chi connectivity index (χ2v) is 9.35. The molecule has 2 fully saturated rings. The Morgan fingerprint density at radius 3 is 1.98 bits per heavy atom. The van der Waals surface area contributed by atoms with Crippen molar-refractivity contribution in [3.63, 3.8) is 0 Å². The summed E-state index contributed by atoms with van der Waals surface area (Å²) in [5.41, 5.74) is 1.20. The fraction of sp³-hybridized carbons (Fsp3) is 0.520. The van der Waals surface area contributed by atoms with E-state index in [0.717, 1.165) is 57.8 Å². The number of hydrogen-bond donors (Lipinski definition) is 2. The lowest BCUT2D eigenvalue weighted by Crippen LogP contribution is -2.44. The van der Waals surface area contributed by atoms with Crippen LogP contribution >= 0.6 is 0 Å². The van der Waals surface area contributed by atoms with E-state index in [-0.39, 0.29) is 11.4 Å². The van der Waals surface area contributed by atoms with Crippen LogP contribution in [-0.4, -0.2) is 82.7 Å². The van der Waals surface area contributed by atoms with Crippen molar-refractivity contribution < 1.29 is 59.7 Å². The second kappa shape index (κ2) is 13.9. The summed E-state index contributed by atoms with van der Waals surface area (Å²) in [7, 11) is 2.15. The Hall–Kier alpha value is -3.17. The predicted molar refractivity (Wildman–Crippen MR) is 126 cm³/mol. The van der Waals surface area contributed by atoms with Crippen LogP contribution in [0.15, 0.2) is 47.1 Å². The van der Waals surface area contributed by atoms with Gasteiger partial charge in [0.1, 0.15) is 11.6 Å². The van der Waals surface area contributed by atoms with E-state index in [1.165, 1.54) is 5.56 Å². The van der Waals surface area contributed by atoms with E-state index in [1.54, 1.807) is 18.4 Å². The molecule has 2 aliphatic rings. The Labute approximate surface area is 224 Å². The van der Waals surface area contributed by atoms with E-state index in [0.29, 0.717) is 6.04 Å². The molecule has 1 aromatic carbocycles. The fourth-order valence-corrected chi connectivity index (χ4v) is 4.20. The first-order valence-electron chi connectivity index (χ1n) is 11.9. The number of likely N-dealkylation sites (N-methyl/N-ethyl adjacent to an activating group) is 1. The first kappa shape index (κ1) is 33.0. The van der Waals surface area contributed by atoms with E-state index in [2.05, 4.69) is 16.8 Å². The third-order valence-corrected chi connectivity index (χ3v) is 6.37. The van der Waals surface area contributed by atoms with Crippen molar-refractivity contribution in [3.8, 4) is 0 Å². The van der Waals surface area contributed by atoms with Crippen molar-refractivity contribution in [1.82, 2.24) is 9.80 Å². The van der Waals surface area contributed by atoms with Gasteiger partial charge in [0, 0.05) is 25.7 Å². The standard InChI is InChI=1S/C21H27FN2O2.2C2HF3O2/c1-23(15-20-3-2-12-25-20)19-13-21(26-16-19)8-10-24(11-9-21)14-17-4-6-18(22)7-5-17;2*3-2(4,5)1(6)7/h2-7,12,19H,8-11,13-16H2,1H3;2*(H,6,7). The van der Waals surface area contributed by atoms with Crippen molar-refractivity contribution >= 4 is 11.9 Å². The quantitative estimate of drug-likeness (QED) is 0.475. The molecule has 1 unspecified atom stereocenters. The van der Waals surface area contributed by atoms with Crippen LogP contribution in [0.25, 0.3) is 0 Å². The number of halogens is 7. The molecule has 224 valence electrons. The minimum Gasteiger partial charge on any atom is -0.475 e. The van der Waals surface area contributed by atoms with Gasteiger partial charge in [0.15, 0.2) is 0 Å². The number of nitrogens with zero attached hydrogens (tertiary/aromatic N) is 2. The average Bonchev–Trinajstić information content (AvgIpc) is 3.52. The molecule has 8 nitrogen and oxygen atoms in total. The summed E-state index contributed by atoms with van der Waals surface area (Å²) in [6.07, 6.45) is -5.21. The van der Waals surface area contributed by atoms with Gasteiger partial charge in [-0.3, -0.25) is 9.80 Å². The molecule has 2 aliphatic heterocycles. The highest BCUT2D eigenvalue weighted by atomic mass is 19.4. The first-order chi connectivity index (χ1) is 18.5. The smallest absolute Gasteiger partial charge is 0.475 e. The minimum absolute atomic E-state index is 0.0292. The maximum atomic E-state index is 13.0. The van der Waals surface area contributed by atoms with Crippen molar-refractivity contribution in [2.45, 2.75) is 56.3 Å². The molecule has 1 atom stereocenters. The number of alkyl halides is 6. The second-order valence-electron chi connectivity index (χ2n) is 9.35.